The summed E-state index contributed by atoms with van der Waals surface area (Å²) in [7, 11) is 0. The van der Waals surface area contributed by atoms with Gasteiger partial charge in [-0.15, -0.1) is 0 Å². The third-order valence-electron chi connectivity index (χ3n) is 10.7. The van der Waals surface area contributed by atoms with E-state index < -0.39 is 18.2 Å². The third-order valence-corrected chi connectivity index (χ3v) is 10.7. The lowest BCUT2D eigenvalue weighted by molar-refractivity contribution is -0.150. The van der Waals surface area contributed by atoms with E-state index in [4.69, 9.17) is 4.74 Å². The normalized spacial score (nSPS) is 14.0. The summed E-state index contributed by atoms with van der Waals surface area (Å²) in [6.07, 6.45) is 60.8. The van der Waals surface area contributed by atoms with E-state index in [1.807, 2.05) is 6.08 Å². The van der Waals surface area contributed by atoms with Crippen LogP contribution in [0.15, 0.2) is 85.1 Å². The minimum Gasteiger partial charge on any atom is -0.462 e. The van der Waals surface area contributed by atoms with Crippen molar-refractivity contribution in [1.82, 2.24) is 5.32 Å². The molecule has 0 rings (SSSR count). The molecule has 0 fully saturated rings. The van der Waals surface area contributed by atoms with E-state index >= 15 is 0 Å². The van der Waals surface area contributed by atoms with Crippen LogP contribution in [0, 0.1) is 0 Å². The molecule has 0 bridgehead atoms. The predicted molar refractivity (Wildman–Crippen MR) is 259 cm³/mol. The van der Waals surface area contributed by atoms with Crippen molar-refractivity contribution < 1.29 is 24.5 Å². The van der Waals surface area contributed by atoms with E-state index in [1.165, 1.54) is 70.6 Å². The second kappa shape index (κ2) is 47.1. The van der Waals surface area contributed by atoms with Gasteiger partial charge in [-0.1, -0.05) is 202 Å². The molecule has 0 spiro atoms. The molecule has 344 valence electrons. The minimum absolute atomic E-state index is 0.0345. The van der Waals surface area contributed by atoms with Crippen LogP contribution in [0.3, 0.4) is 0 Å². The maximum absolute atomic E-state index is 13.2. The number of carbonyl (C=O) groups excluding carboxylic acids is 2. The largest absolute Gasteiger partial charge is 0.462 e. The summed E-state index contributed by atoms with van der Waals surface area (Å²) in [6, 6.07) is -0.724. The number of esters is 1. The zero-order chi connectivity index (χ0) is 43.8. The SMILES string of the molecule is CC/C=C/C/C=C/C/C=C/C/C=C/C/C=C/CCC(=O)OC(CCCCCCC/C=C\C/C=C\CCCCC)CC(=O)NC(CO)C(O)CCCCCCCCCCCC. The van der Waals surface area contributed by atoms with Crippen LogP contribution in [0.1, 0.15) is 220 Å². The Balaban J connectivity index is 4.75. The van der Waals surface area contributed by atoms with Gasteiger partial charge in [0, 0.05) is 6.42 Å². The van der Waals surface area contributed by atoms with E-state index in [0.29, 0.717) is 19.3 Å². The molecule has 6 heteroatoms. The van der Waals surface area contributed by atoms with Crippen LogP contribution in [0.5, 0.6) is 0 Å². The highest BCUT2D eigenvalue weighted by atomic mass is 16.5. The Labute approximate surface area is 370 Å². The number of unbranched alkanes of at least 4 members (excludes halogenated alkanes) is 17. The van der Waals surface area contributed by atoms with Crippen LogP contribution in [0.2, 0.25) is 0 Å². The van der Waals surface area contributed by atoms with Gasteiger partial charge in [-0.2, -0.15) is 0 Å². The molecule has 0 saturated carbocycles. The number of nitrogens with one attached hydrogen (secondary N) is 1. The number of hydrogen-bond acceptors (Lipinski definition) is 5. The van der Waals surface area contributed by atoms with Crippen LogP contribution in [0.4, 0.5) is 0 Å². The molecule has 1 amide bonds. The second-order valence-electron chi connectivity index (χ2n) is 16.5. The average molecular weight is 836 g/mol. The number of aliphatic hydroxyl groups excluding tert-OH is 2. The van der Waals surface area contributed by atoms with Gasteiger partial charge >= 0.3 is 5.97 Å². The molecule has 6 nitrogen and oxygen atoms in total. The first-order valence-electron chi connectivity index (χ1n) is 24.8. The Bertz CT molecular complexity index is 1160. The highest BCUT2D eigenvalue weighted by Gasteiger charge is 2.24. The zero-order valence-electron chi connectivity index (χ0n) is 39.1. The Hall–Kier alpha value is -2.96. The number of rotatable bonds is 43. The van der Waals surface area contributed by atoms with Crippen molar-refractivity contribution in [2.75, 3.05) is 6.61 Å². The molecule has 0 aromatic rings. The molecule has 0 saturated heterocycles. The van der Waals surface area contributed by atoms with Crippen LogP contribution < -0.4 is 5.32 Å². The van der Waals surface area contributed by atoms with Gasteiger partial charge in [-0.25, -0.2) is 0 Å². The summed E-state index contributed by atoms with van der Waals surface area (Å²) < 4.78 is 5.88. The van der Waals surface area contributed by atoms with Gasteiger partial charge in [0.15, 0.2) is 0 Å². The Morgan fingerprint density at radius 3 is 1.40 bits per heavy atom. The van der Waals surface area contributed by atoms with Crippen molar-refractivity contribution in [1.29, 1.82) is 0 Å². The Kier molecular flexibility index (Phi) is 44.8. The molecule has 0 aromatic carbocycles. The maximum atomic E-state index is 13.2. The topological polar surface area (TPSA) is 95.9 Å². The fourth-order valence-corrected chi connectivity index (χ4v) is 6.98. The summed E-state index contributed by atoms with van der Waals surface area (Å²) in [6.45, 7) is 6.30. The number of aliphatic hydroxyl groups is 2. The first kappa shape index (κ1) is 57.0. The van der Waals surface area contributed by atoms with Crippen molar-refractivity contribution in [3.05, 3.63) is 85.1 Å². The number of allylic oxidation sites excluding steroid dienone is 14. The zero-order valence-corrected chi connectivity index (χ0v) is 39.1. The molecular formula is C54H93NO5. The fraction of sp³-hybridized carbons (Fsp3) is 0.704. The summed E-state index contributed by atoms with van der Waals surface area (Å²) in [5, 5.41) is 23.7. The van der Waals surface area contributed by atoms with E-state index in [-0.39, 0.29) is 31.3 Å². The lowest BCUT2D eigenvalue weighted by atomic mass is 10.0. The molecule has 60 heavy (non-hydrogen) atoms. The van der Waals surface area contributed by atoms with Gasteiger partial charge < -0.3 is 20.3 Å². The molecule has 0 aliphatic rings. The predicted octanol–water partition coefficient (Wildman–Crippen LogP) is 14.8. The lowest BCUT2D eigenvalue weighted by Crippen LogP contribution is -2.46. The van der Waals surface area contributed by atoms with E-state index in [9.17, 15) is 19.8 Å². The van der Waals surface area contributed by atoms with Gasteiger partial charge in [-0.3, -0.25) is 9.59 Å². The van der Waals surface area contributed by atoms with Gasteiger partial charge in [0.05, 0.1) is 25.2 Å². The third kappa shape index (κ3) is 41.8. The molecular weight excluding hydrogens is 743 g/mol. The molecule has 0 aromatic heterocycles. The first-order chi connectivity index (χ1) is 29.5. The van der Waals surface area contributed by atoms with Crippen LogP contribution in [-0.4, -0.2) is 46.9 Å². The maximum Gasteiger partial charge on any atom is 0.306 e. The minimum atomic E-state index is -0.806. The molecule has 0 aliphatic carbocycles. The number of ether oxygens (including phenoxy) is 1. The molecule has 3 unspecified atom stereocenters. The molecule has 3 atom stereocenters. The number of carbonyl (C=O) groups is 2. The Morgan fingerprint density at radius 2 is 0.900 bits per heavy atom. The van der Waals surface area contributed by atoms with Gasteiger partial charge in [0.2, 0.25) is 5.91 Å². The fourth-order valence-electron chi connectivity index (χ4n) is 6.98. The molecule has 3 N–H and O–H groups in total. The highest BCUT2D eigenvalue weighted by molar-refractivity contribution is 5.77. The van der Waals surface area contributed by atoms with Gasteiger partial charge in [0.1, 0.15) is 6.10 Å². The smallest absolute Gasteiger partial charge is 0.306 e. The average Bonchev–Trinajstić information content (AvgIpc) is 3.24. The quantitative estimate of drug-likeness (QED) is 0.0323. The van der Waals surface area contributed by atoms with Gasteiger partial charge in [0.25, 0.3) is 0 Å². The van der Waals surface area contributed by atoms with Crippen molar-refractivity contribution in [3.63, 3.8) is 0 Å². The summed E-state index contributed by atoms with van der Waals surface area (Å²) in [4.78, 5) is 26.1. The van der Waals surface area contributed by atoms with Crippen molar-refractivity contribution in [3.8, 4) is 0 Å². The highest BCUT2D eigenvalue weighted by Crippen LogP contribution is 2.17. The number of amides is 1. The monoisotopic (exact) mass is 836 g/mol. The van der Waals surface area contributed by atoms with Gasteiger partial charge in [-0.05, 0) is 89.9 Å². The van der Waals surface area contributed by atoms with Crippen LogP contribution >= 0.6 is 0 Å². The summed E-state index contributed by atoms with van der Waals surface area (Å²) in [5.74, 6) is -0.592. The molecule has 0 heterocycles. The van der Waals surface area contributed by atoms with Crippen molar-refractivity contribution >= 4 is 11.9 Å². The van der Waals surface area contributed by atoms with E-state index in [1.54, 1.807) is 0 Å². The first-order valence-corrected chi connectivity index (χ1v) is 24.8. The lowest BCUT2D eigenvalue weighted by Gasteiger charge is -2.24. The Morgan fingerprint density at radius 1 is 0.500 bits per heavy atom. The van der Waals surface area contributed by atoms with E-state index in [0.717, 1.165) is 96.3 Å². The standard InChI is InChI=1S/C54H93NO5/c1-4-7-10-13-16-19-22-24-26-28-30-32-35-38-41-44-47-54(59)60-50(45-42-39-36-33-31-29-27-25-23-20-17-14-11-8-5-2)48-53(58)55-51(49-56)52(57)46-43-40-37-34-21-18-15-12-9-6-3/h7,10,16-17,19-20,24-27,30,32,38,41,50-52,56-57H,4-6,8-9,11-15,18,21-23,28-29,31,33-37,39-40,42-49H2,1-3H3,(H,55,58)/b10-7+,19-16+,20-17-,26-24+,27-25-,32-30+,41-38+. The van der Waals surface area contributed by atoms with Crippen molar-refractivity contribution in [2.45, 2.75) is 238 Å². The number of hydrogen-bond donors (Lipinski definition) is 3. The second-order valence-corrected chi connectivity index (χ2v) is 16.5. The van der Waals surface area contributed by atoms with Crippen LogP contribution in [0.25, 0.3) is 0 Å². The van der Waals surface area contributed by atoms with Crippen LogP contribution in [-0.2, 0) is 14.3 Å². The van der Waals surface area contributed by atoms with Crippen molar-refractivity contribution in [2.24, 2.45) is 0 Å². The van der Waals surface area contributed by atoms with E-state index in [2.05, 4.69) is 105 Å². The summed E-state index contributed by atoms with van der Waals surface area (Å²) >= 11 is 0. The molecule has 0 radical (unpaired) electrons. The molecule has 0 aliphatic heterocycles. The summed E-state index contributed by atoms with van der Waals surface area (Å²) in [5.41, 5.74) is 0.